The predicted molar refractivity (Wildman–Crippen MR) is 76.9 cm³/mol. The lowest BCUT2D eigenvalue weighted by molar-refractivity contribution is -0.134. The summed E-state index contributed by atoms with van der Waals surface area (Å²) in [4.78, 5) is 19.1. The third-order valence-corrected chi connectivity index (χ3v) is 2.90. The highest BCUT2D eigenvalue weighted by molar-refractivity contribution is 5.82. The minimum atomic E-state index is -0.319. The maximum atomic E-state index is 11.1. The van der Waals surface area contributed by atoms with Gasteiger partial charge in [0.1, 0.15) is 6.33 Å². The molecule has 0 aliphatic heterocycles. The number of ether oxygens (including phenoxy) is 1. The monoisotopic (exact) mass is 268 g/mol. The van der Waals surface area contributed by atoms with E-state index in [0.29, 0.717) is 0 Å². The second-order valence-corrected chi connectivity index (χ2v) is 4.51. The van der Waals surface area contributed by atoms with E-state index in [4.69, 9.17) is 0 Å². The van der Waals surface area contributed by atoms with Gasteiger partial charge in [-0.25, -0.2) is 14.8 Å². The third kappa shape index (κ3) is 3.75. The molecule has 0 unspecified atom stereocenters. The van der Waals surface area contributed by atoms with Gasteiger partial charge in [-0.2, -0.15) is 0 Å². The average Bonchev–Trinajstić information content (AvgIpc) is 2.48. The van der Waals surface area contributed by atoms with Gasteiger partial charge in [0.25, 0.3) is 0 Å². The molecule has 102 valence electrons. The highest BCUT2D eigenvalue weighted by atomic mass is 16.5. The van der Waals surface area contributed by atoms with E-state index in [0.717, 1.165) is 28.7 Å². The first-order chi connectivity index (χ1) is 9.69. The quantitative estimate of drug-likeness (QED) is 0.632. The van der Waals surface area contributed by atoms with Gasteiger partial charge in [0.05, 0.1) is 7.11 Å². The van der Waals surface area contributed by atoms with Gasteiger partial charge in [0.15, 0.2) is 0 Å². The third-order valence-electron chi connectivity index (χ3n) is 2.90. The smallest absolute Gasteiger partial charge is 0.330 e. The van der Waals surface area contributed by atoms with Gasteiger partial charge >= 0.3 is 5.97 Å². The van der Waals surface area contributed by atoms with Gasteiger partial charge < -0.3 is 4.74 Å². The summed E-state index contributed by atoms with van der Waals surface area (Å²) >= 11 is 0. The van der Waals surface area contributed by atoms with Crippen molar-refractivity contribution >= 4 is 5.97 Å². The summed E-state index contributed by atoms with van der Waals surface area (Å²) in [6, 6.07) is 8.13. The summed E-state index contributed by atoms with van der Waals surface area (Å²) < 4.78 is 4.61. The highest BCUT2D eigenvalue weighted by Crippen LogP contribution is 2.18. The number of carbonyl (C=O) groups is 1. The molecule has 1 aromatic heterocycles. The van der Waals surface area contributed by atoms with E-state index in [-0.39, 0.29) is 5.97 Å². The van der Waals surface area contributed by atoms with E-state index < -0.39 is 0 Å². The highest BCUT2D eigenvalue weighted by Gasteiger charge is 2.01. The first-order valence-electron chi connectivity index (χ1n) is 6.28. The average molecular weight is 268 g/mol. The fourth-order valence-electron chi connectivity index (χ4n) is 1.90. The topological polar surface area (TPSA) is 52.1 Å². The van der Waals surface area contributed by atoms with Crippen LogP contribution in [0, 0.1) is 0 Å². The summed E-state index contributed by atoms with van der Waals surface area (Å²) in [5.41, 5.74) is 4.17. The Labute approximate surface area is 118 Å². The standard InChI is InChI=1S/C16H16N2O2/c1-12(8-16(19)20-2)7-13-3-5-14(6-4-13)15-9-17-11-18-10-15/h3-6,8-11H,7H2,1-2H3/b12-8+. The summed E-state index contributed by atoms with van der Waals surface area (Å²) in [5, 5.41) is 0. The second-order valence-electron chi connectivity index (χ2n) is 4.51. The van der Waals surface area contributed by atoms with E-state index in [1.807, 2.05) is 31.2 Å². The van der Waals surface area contributed by atoms with Gasteiger partial charge in [0, 0.05) is 24.0 Å². The minimum absolute atomic E-state index is 0.319. The predicted octanol–water partition coefficient (Wildman–Crippen LogP) is 2.81. The Morgan fingerprint density at radius 3 is 2.40 bits per heavy atom. The first-order valence-corrected chi connectivity index (χ1v) is 6.28. The van der Waals surface area contributed by atoms with Gasteiger partial charge in [-0.05, 0) is 24.5 Å². The number of carbonyl (C=O) groups excluding carboxylic acids is 1. The molecular weight excluding hydrogens is 252 g/mol. The van der Waals surface area contributed by atoms with E-state index in [9.17, 15) is 4.79 Å². The van der Waals surface area contributed by atoms with Gasteiger partial charge in [-0.3, -0.25) is 0 Å². The zero-order chi connectivity index (χ0) is 14.4. The van der Waals surface area contributed by atoms with Crippen LogP contribution in [0.25, 0.3) is 11.1 Å². The SMILES string of the molecule is COC(=O)/C=C(\C)Cc1ccc(-c2cncnc2)cc1. The van der Waals surface area contributed by atoms with Crippen molar-refractivity contribution in [2.45, 2.75) is 13.3 Å². The molecule has 0 N–H and O–H groups in total. The number of hydrogen-bond donors (Lipinski definition) is 0. The van der Waals surface area contributed by atoms with E-state index in [2.05, 4.69) is 14.7 Å². The van der Waals surface area contributed by atoms with E-state index in [1.165, 1.54) is 19.5 Å². The Balaban J connectivity index is 2.09. The summed E-state index contributed by atoms with van der Waals surface area (Å²) in [5.74, 6) is -0.319. The lowest BCUT2D eigenvalue weighted by Crippen LogP contribution is -1.97. The summed E-state index contributed by atoms with van der Waals surface area (Å²) in [6.45, 7) is 1.91. The van der Waals surface area contributed by atoms with Crippen LogP contribution in [-0.4, -0.2) is 23.0 Å². The molecule has 0 amide bonds. The van der Waals surface area contributed by atoms with Crippen LogP contribution in [0.5, 0.6) is 0 Å². The number of rotatable bonds is 4. The Kier molecular flexibility index (Phi) is 4.60. The lowest BCUT2D eigenvalue weighted by Gasteiger charge is -2.04. The van der Waals surface area contributed by atoms with E-state index in [1.54, 1.807) is 12.4 Å². The molecule has 1 aromatic carbocycles. The molecule has 0 saturated carbocycles. The number of methoxy groups -OCH3 is 1. The Bertz CT molecular complexity index is 604. The zero-order valence-corrected chi connectivity index (χ0v) is 11.5. The lowest BCUT2D eigenvalue weighted by atomic mass is 10.0. The first kappa shape index (κ1) is 13.9. The molecule has 0 spiro atoms. The second kappa shape index (κ2) is 6.61. The van der Waals surface area contributed by atoms with Crippen LogP contribution in [-0.2, 0) is 16.0 Å². The molecule has 1 heterocycles. The van der Waals surface area contributed by atoms with Crippen LogP contribution in [0.15, 0.2) is 54.6 Å². The maximum absolute atomic E-state index is 11.1. The molecular formula is C16H16N2O2. The van der Waals surface area contributed by atoms with Crippen LogP contribution in [0.2, 0.25) is 0 Å². The molecule has 0 bridgehead atoms. The fourth-order valence-corrected chi connectivity index (χ4v) is 1.90. The largest absolute Gasteiger partial charge is 0.466 e. The van der Waals surface area contributed by atoms with Crippen molar-refractivity contribution < 1.29 is 9.53 Å². The number of allylic oxidation sites excluding steroid dienone is 1. The number of esters is 1. The molecule has 2 aromatic rings. The number of nitrogens with zero attached hydrogens (tertiary/aromatic N) is 2. The minimum Gasteiger partial charge on any atom is -0.466 e. The Morgan fingerprint density at radius 2 is 1.80 bits per heavy atom. The number of hydrogen-bond acceptors (Lipinski definition) is 4. The summed E-state index contributed by atoms with van der Waals surface area (Å²) in [6.07, 6.45) is 7.31. The Hall–Kier alpha value is -2.49. The van der Waals surface area contributed by atoms with Crippen LogP contribution < -0.4 is 0 Å². The molecule has 0 atom stereocenters. The molecule has 0 radical (unpaired) electrons. The van der Waals surface area contributed by atoms with Crippen LogP contribution in [0.4, 0.5) is 0 Å². The van der Waals surface area contributed by atoms with Crippen molar-refractivity contribution in [2.75, 3.05) is 7.11 Å². The molecule has 0 aliphatic carbocycles. The molecule has 4 heteroatoms. The molecule has 2 rings (SSSR count). The van der Waals surface area contributed by atoms with Crippen molar-refractivity contribution in [3.8, 4) is 11.1 Å². The van der Waals surface area contributed by atoms with Crippen LogP contribution in [0.3, 0.4) is 0 Å². The fraction of sp³-hybridized carbons (Fsp3) is 0.188. The van der Waals surface area contributed by atoms with Crippen molar-refractivity contribution in [1.82, 2.24) is 9.97 Å². The maximum Gasteiger partial charge on any atom is 0.330 e. The van der Waals surface area contributed by atoms with Gasteiger partial charge in [-0.1, -0.05) is 29.8 Å². The molecule has 0 saturated heterocycles. The molecule has 4 nitrogen and oxygen atoms in total. The zero-order valence-electron chi connectivity index (χ0n) is 11.5. The van der Waals surface area contributed by atoms with Gasteiger partial charge in [0.2, 0.25) is 0 Å². The van der Waals surface area contributed by atoms with Crippen molar-refractivity contribution in [3.05, 3.63) is 60.2 Å². The van der Waals surface area contributed by atoms with E-state index >= 15 is 0 Å². The van der Waals surface area contributed by atoms with Crippen molar-refractivity contribution in [3.63, 3.8) is 0 Å². The molecule has 0 aliphatic rings. The number of benzene rings is 1. The van der Waals surface area contributed by atoms with Crippen molar-refractivity contribution in [2.24, 2.45) is 0 Å². The van der Waals surface area contributed by atoms with Crippen LogP contribution in [0.1, 0.15) is 12.5 Å². The summed E-state index contributed by atoms with van der Waals surface area (Å²) in [7, 11) is 1.38. The molecule has 20 heavy (non-hydrogen) atoms. The molecule has 0 fully saturated rings. The van der Waals surface area contributed by atoms with Gasteiger partial charge in [-0.15, -0.1) is 0 Å². The van der Waals surface area contributed by atoms with Crippen LogP contribution >= 0.6 is 0 Å². The normalized spacial score (nSPS) is 11.2. The number of aromatic nitrogens is 2. The van der Waals surface area contributed by atoms with Crippen molar-refractivity contribution in [1.29, 1.82) is 0 Å². The Morgan fingerprint density at radius 1 is 1.15 bits per heavy atom.